The molecule has 3 N–H and O–H groups in total. The molecule has 104 valence electrons. The van der Waals surface area contributed by atoms with E-state index in [1.807, 2.05) is 0 Å². The largest absolute Gasteiger partial charge is 0.346 e. The number of carbonyl (C=O) groups is 1. The summed E-state index contributed by atoms with van der Waals surface area (Å²) < 4.78 is 5.32. The lowest BCUT2D eigenvalue weighted by Crippen LogP contribution is -2.37. The smallest absolute Gasteiger partial charge is 0.292 e. The Kier molecular flexibility index (Phi) is 3.26. The lowest BCUT2D eigenvalue weighted by molar-refractivity contribution is 0.0937. The van der Waals surface area contributed by atoms with E-state index < -0.39 is 0 Å². The Morgan fingerprint density at radius 1 is 1.37 bits per heavy atom. The maximum atomic E-state index is 11.9. The number of nitrogens with zero attached hydrogens (tertiary/aromatic N) is 2. The molecule has 0 radical (unpaired) electrons. The third kappa shape index (κ3) is 2.49. The molecule has 0 aliphatic heterocycles. The van der Waals surface area contributed by atoms with Crippen molar-refractivity contribution in [1.82, 2.24) is 15.5 Å². The molecule has 1 aromatic heterocycles. The molecule has 0 saturated heterocycles. The molecule has 6 nitrogen and oxygen atoms in total. The van der Waals surface area contributed by atoms with E-state index in [1.54, 1.807) is 0 Å². The fraction of sp³-hybridized carbons (Fsp3) is 0.769. The second kappa shape index (κ2) is 4.92. The molecule has 2 saturated carbocycles. The van der Waals surface area contributed by atoms with Crippen LogP contribution in [0.15, 0.2) is 4.52 Å². The van der Waals surface area contributed by atoms with Crippen molar-refractivity contribution in [3.63, 3.8) is 0 Å². The van der Waals surface area contributed by atoms with Gasteiger partial charge in [-0.3, -0.25) is 4.79 Å². The van der Waals surface area contributed by atoms with Crippen molar-refractivity contribution in [2.24, 2.45) is 5.73 Å². The summed E-state index contributed by atoms with van der Waals surface area (Å²) in [5, 5.41) is 6.67. The molecule has 1 aromatic rings. The van der Waals surface area contributed by atoms with Gasteiger partial charge < -0.3 is 15.6 Å². The van der Waals surface area contributed by atoms with Crippen molar-refractivity contribution in [3.8, 4) is 0 Å². The fourth-order valence-electron chi connectivity index (χ4n) is 2.74. The van der Waals surface area contributed by atoms with E-state index in [9.17, 15) is 4.79 Å². The molecule has 2 aliphatic carbocycles. The molecule has 0 spiro atoms. The number of rotatable bonds is 4. The Bertz CT molecular complexity index is 461. The van der Waals surface area contributed by atoms with Gasteiger partial charge in [-0.1, -0.05) is 24.4 Å². The van der Waals surface area contributed by atoms with Crippen LogP contribution in [-0.2, 0) is 5.41 Å². The molecular weight excluding hydrogens is 244 g/mol. The van der Waals surface area contributed by atoms with Crippen molar-refractivity contribution in [1.29, 1.82) is 0 Å². The molecule has 19 heavy (non-hydrogen) atoms. The first-order chi connectivity index (χ1) is 9.23. The maximum absolute atomic E-state index is 11.9. The monoisotopic (exact) mass is 264 g/mol. The zero-order chi connectivity index (χ0) is 13.3. The maximum Gasteiger partial charge on any atom is 0.292 e. The predicted molar refractivity (Wildman–Crippen MR) is 68.6 cm³/mol. The second-order valence-electron chi connectivity index (χ2n) is 5.72. The van der Waals surface area contributed by atoms with E-state index in [0.29, 0.717) is 18.5 Å². The first-order valence-corrected chi connectivity index (χ1v) is 7.09. The predicted octanol–water partition coefficient (Wildman–Crippen LogP) is 1.12. The van der Waals surface area contributed by atoms with Gasteiger partial charge in [0.25, 0.3) is 11.7 Å². The van der Waals surface area contributed by atoms with E-state index in [-0.39, 0.29) is 17.1 Å². The minimum absolute atomic E-state index is 0.139. The van der Waals surface area contributed by atoms with Crippen LogP contribution >= 0.6 is 0 Å². The van der Waals surface area contributed by atoms with Crippen molar-refractivity contribution in [2.45, 2.75) is 56.4 Å². The fourth-order valence-corrected chi connectivity index (χ4v) is 2.74. The van der Waals surface area contributed by atoms with Crippen LogP contribution in [0.2, 0.25) is 0 Å². The van der Waals surface area contributed by atoms with Gasteiger partial charge in [0, 0.05) is 12.6 Å². The Hall–Kier alpha value is -1.43. The third-order valence-electron chi connectivity index (χ3n) is 4.20. The second-order valence-corrected chi connectivity index (χ2v) is 5.72. The zero-order valence-electron chi connectivity index (χ0n) is 11.0. The molecule has 0 unspecified atom stereocenters. The lowest BCUT2D eigenvalue weighted by atomic mass is 9.74. The number of carbonyl (C=O) groups excluding carboxylic acids is 1. The average Bonchev–Trinajstić information content (AvgIpc) is 3.11. The highest BCUT2D eigenvalue weighted by atomic mass is 16.5. The molecule has 3 rings (SSSR count). The normalized spacial score (nSPS) is 22.2. The van der Waals surface area contributed by atoms with Crippen molar-refractivity contribution < 1.29 is 9.32 Å². The number of amides is 1. The summed E-state index contributed by atoms with van der Waals surface area (Å²) in [6.45, 7) is 0.499. The molecule has 2 aliphatic rings. The quantitative estimate of drug-likeness (QED) is 0.850. The first kappa shape index (κ1) is 12.6. The zero-order valence-corrected chi connectivity index (χ0v) is 11.0. The standard InChI is InChI=1S/C13H20N4O2/c14-8-13(6-2-1-3-7-13)12-16-10(17-19-12)11(18)15-9-4-5-9/h9H,1-8,14H2,(H,15,18). The Morgan fingerprint density at radius 2 is 2.11 bits per heavy atom. The van der Waals surface area contributed by atoms with Crippen LogP contribution < -0.4 is 11.1 Å². The summed E-state index contributed by atoms with van der Waals surface area (Å²) in [5.41, 5.74) is 5.70. The topological polar surface area (TPSA) is 94.0 Å². The molecule has 1 amide bonds. The minimum Gasteiger partial charge on any atom is -0.346 e. The van der Waals surface area contributed by atoms with E-state index in [0.717, 1.165) is 38.5 Å². The number of hydrogen-bond acceptors (Lipinski definition) is 5. The van der Waals surface area contributed by atoms with Crippen LogP contribution in [-0.4, -0.2) is 28.6 Å². The summed E-state index contributed by atoms with van der Waals surface area (Å²) >= 11 is 0. The minimum atomic E-state index is -0.236. The van der Waals surface area contributed by atoms with Crippen molar-refractivity contribution in [3.05, 3.63) is 11.7 Å². The number of nitrogens with two attached hydrogens (primary N) is 1. The van der Waals surface area contributed by atoms with Crippen molar-refractivity contribution >= 4 is 5.91 Å². The highest BCUT2D eigenvalue weighted by molar-refractivity contribution is 5.90. The lowest BCUT2D eigenvalue weighted by Gasteiger charge is -2.32. The molecule has 2 fully saturated rings. The van der Waals surface area contributed by atoms with Gasteiger partial charge in [0.15, 0.2) is 0 Å². The van der Waals surface area contributed by atoms with Crippen LogP contribution in [0.3, 0.4) is 0 Å². The Balaban J connectivity index is 1.76. The van der Waals surface area contributed by atoms with Crippen LogP contribution in [0.25, 0.3) is 0 Å². The molecule has 0 aromatic carbocycles. The summed E-state index contributed by atoms with van der Waals surface area (Å²) in [5.74, 6) is 0.441. The highest BCUT2D eigenvalue weighted by Gasteiger charge is 2.38. The third-order valence-corrected chi connectivity index (χ3v) is 4.20. The van der Waals surface area contributed by atoms with Gasteiger partial charge in [-0.05, 0) is 25.7 Å². The Labute approximate surface area is 112 Å². The highest BCUT2D eigenvalue weighted by Crippen LogP contribution is 2.37. The number of nitrogens with one attached hydrogen (secondary N) is 1. The van der Waals surface area contributed by atoms with Crippen LogP contribution in [0, 0.1) is 0 Å². The van der Waals surface area contributed by atoms with Gasteiger partial charge in [-0.25, -0.2) is 0 Å². The van der Waals surface area contributed by atoms with Gasteiger partial charge in [0.2, 0.25) is 5.89 Å². The van der Waals surface area contributed by atoms with E-state index >= 15 is 0 Å². The van der Waals surface area contributed by atoms with E-state index in [4.69, 9.17) is 10.3 Å². The van der Waals surface area contributed by atoms with Gasteiger partial charge >= 0.3 is 0 Å². The molecular formula is C13H20N4O2. The van der Waals surface area contributed by atoms with Gasteiger partial charge in [0.05, 0.1) is 5.41 Å². The number of hydrogen-bond donors (Lipinski definition) is 2. The summed E-state index contributed by atoms with van der Waals surface area (Å²) in [6, 6.07) is 0.299. The van der Waals surface area contributed by atoms with Gasteiger partial charge in [0.1, 0.15) is 0 Å². The molecule has 0 bridgehead atoms. The molecule has 6 heteroatoms. The SMILES string of the molecule is NCC1(c2nc(C(=O)NC3CC3)no2)CCCCC1. The van der Waals surface area contributed by atoms with Crippen molar-refractivity contribution in [2.75, 3.05) is 6.54 Å². The van der Waals surface area contributed by atoms with Gasteiger partial charge in [-0.15, -0.1) is 0 Å². The van der Waals surface area contributed by atoms with Gasteiger partial charge in [-0.2, -0.15) is 4.98 Å². The van der Waals surface area contributed by atoms with Crippen LogP contribution in [0.5, 0.6) is 0 Å². The Morgan fingerprint density at radius 3 is 2.74 bits per heavy atom. The van der Waals surface area contributed by atoms with E-state index in [2.05, 4.69) is 15.5 Å². The summed E-state index contributed by atoms with van der Waals surface area (Å²) in [6.07, 6.45) is 7.51. The summed E-state index contributed by atoms with van der Waals surface area (Å²) in [7, 11) is 0. The summed E-state index contributed by atoms with van der Waals surface area (Å²) in [4.78, 5) is 16.1. The van der Waals surface area contributed by atoms with Crippen LogP contribution in [0.4, 0.5) is 0 Å². The average molecular weight is 264 g/mol. The molecule has 0 atom stereocenters. The van der Waals surface area contributed by atoms with Crippen LogP contribution in [0.1, 0.15) is 61.5 Å². The van der Waals surface area contributed by atoms with E-state index in [1.165, 1.54) is 6.42 Å². The first-order valence-electron chi connectivity index (χ1n) is 7.09. The molecule has 1 heterocycles. The number of aromatic nitrogens is 2.